The summed E-state index contributed by atoms with van der Waals surface area (Å²) >= 11 is 0.889. The molecule has 0 aliphatic rings. The van der Waals surface area contributed by atoms with Crippen LogP contribution in [0.5, 0.6) is 0 Å². The van der Waals surface area contributed by atoms with E-state index in [1.165, 1.54) is 0 Å². The Morgan fingerprint density at radius 1 is 1.25 bits per heavy atom. The zero-order valence-electron chi connectivity index (χ0n) is 1.62. The molecular weight excluding hydrogens is 399 g/mol. The van der Waals surface area contributed by atoms with Gasteiger partial charge in [-0.2, -0.15) is 0 Å². The molecular formula is CuMoPbS. The predicted octanol–water partition coefficient (Wildman–Crippen LogP) is 0.262. The first-order valence-corrected chi connectivity index (χ1v) is 5.37. The van der Waals surface area contributed by atoms with Gasteiger partial charge >= 0.3 is 32.3 Å². The molecule has 27 valence electrons. The zero-order chi connectivity index (χ0) is 2.00. The molecule has 0 N–H and O–H groups in total. The summed E-state index contributed by atoms with van der Waals surface area (Å²) in [7, 11) is 4.22. The van der Waals surface area contributed by atoms with Crippen molar-refractivity contribution in [2.75, 3.05) is 0 Å². The van der Waals surface area contributed by atoms with Crippen LogP contribution in [-0.2, 0) is 38.1 Å². The predicted molar refractivity (Wildman–Crippen MR) is 13.3 cm³/mol. The molecule has 4 heavy (non-hydrogen) atoms. The Kier molecular flexibility index (Phi) is 74.2. The molecule has 0 saturated heterocycles. The van der Waals surface area contributed by atoms with Gasteiger partial charge in [0.15, 0.2) is 0 Å². The summed E-state index contributed by atoms with van der Waals surface area (Å²) in [4.78, 5) is 0. The van der Waals surface area contributed by atoms with E-state index in [0.29, 0.717) is 0 Å². The summed E-state index contributed by atoms with van der Waals surface area (Å²) in [5.74, 6) is 0. The molecule has 0 aliphatic heterocycles. The van der Waals surface area contributed by atoms with Crippen LogP contribution in [0, 0.1) is 0 Å². The van der Waals surface area contributed by atoms with Gasteiger partial charge in [0.1, 0.15) is 0 Å². The zero-order valence-corrected chi connectivity index (χ0v) is 9.27. The van der Waals surface area contributed by atoms with Crippen LogP contribution in [0.3, 0.4) is 0 Å². The van der Waals surface area contributed by atoms with E-state index in [9.17, 15) is 0 Å². The Morgan fingerprint density at radius 3 is 1.25 bits per heavy atom. The molecule has 0 nitrogen and oxygen atoms in total. The molecule has 0 aromatic carbocycles. The van der Waals surface area contributed by atoms with Crippen LogP contribution in [-0.4, -0.2) is 23.7 Å². The van der Waals surface area contributed by atoms with Crippen molar-refractivity contribution in [2.24, 2.45) is 0 Å². The number of hydrogen-bond donors (Lipinski definition) is 0. The standard InChI is InChI=1S/Cu.Mo.Pb.S. The second-order valence-electron chi connectivity index (χ2n) is 0. The fraction of sp³-hybridized carbons (Fsp3) is 0. The topological polar surface area (TPSA) is 0 Å². The minimum atomic E-state index is 0. The molecule has 3 radical (unpaired) electrons. The van der Waals surface area contributed by atoms with E-state index in [0.717, 1.165) is 23.7 Å². The third kappa shape index (κ3) is 8.84. The van der Waals surface area contributed by atoms with Gasteiger partial charge in [-0.1, -0.05) is 0 Å². The van der Waals surface area contributed by atoms with Crippen LogP contribution in [0.2, 0.25) is 0 Å². The van der Waals surface area contributed by atoms with Crippen molar-refractivity contribution in [3.05, 3.63) is 0 Å². The average molecular weight is 399 g/mol. The van der Waals surface area contributed by atoms with Crippen LogP contribution in [0.1, 0.15) is 0 Å². The molecule has 0 atom stereocenters. The molecule has 0 unspecified atom stereocenters. The van der Waals surface area contributed by atoms with Gasteiger partial charge in [-0.3, -0.25) is 0 Å². The SMILES string of the molecule is [Cu].[Mo].[S]=[Pb]. The normalized spacial score (nSPS) is 1.00. The van der Waals surface area contributed by atoms with Crippen LogP contribution in [0.15, 0.2) is 0 Å². The Bertz CT molecular complexity index is 8.00. The van der Waals surface area contributed by atoms with Gasteiger partial charge in [0.05, 0.1) is 0 Å². The van der Waals surface area contributed by atoms with Crippen LogP contribution < -0.4 is 0 Å². The van der Waals surface area contributed by atoms with Crippen LogP contribution >= 0.6 is 8.65 Å². The first-order valence-electron chi connectivity index (χ1n) is 0.204. The summed E-state index contributed by atoms with van der Waals surface area (Å²) in [5, 5.41) is 0. The van der Waals surface area contributed by atoms with Crippen molar-refractivity contribution < 1.29 is 38.1 Å². The minimum absolute atomic E-state index is 0. The number of rotatable bonds is 0. The molecule has 0 saturated carbocycles. The Balaban J connectivity index is -0.00000000500. The van der Waals surface area contributed by atoms with Crippen LogP contribution in [0.25, 0.3) is 0 Å². The van der Waals surface area contributed by atoms with E-state index in [1.807, 2.05) is 0 Å². The van der Waals surface area contributed by atoms with Crippen molar-refractivity contribution in [1.82, 2.24) is 0 Å². The molecule has 0 fully saturated rings. The molecule has 0 aromatic heterocycles. The summed E-state index contributed by atoms with van der Waals surface area (Å²) in [6, 6.07) is 0. The maximum atomic E-state index is 4.22. The second-order valence-corrected chi connectivity index (χ2v) is 0. The first kappa shape index (κ1) is 16.2. The maximum absolute atomic E-state index is 4.22. The van der Waals surface area contributed by atoms with E-state index < -0.39 is 0 Å². The van der Waals surface area contributed by atoms with Crippen molar-refractivity contribution in [2.45, 2.75) is 0 Å². The van der Waals surface area contributed by atoms with E-state index in [4.69, 9.17) is 0 Å². The van der Waals surface area contributed by atoms with Crippen molar-refractivity contribution in [3.8, 4) is 0 Å². The van der Waals surface area contributed by atoms with Crippen LogP contribution in [0.4, 0.5) is 0 Å². The summed E-state index contributed by atoms with van der Waals surface area (Å²) in [6.07, 6.45) is 0. The van der Waals surface area contributed by atoms with Crippen molar-refractivity contribution in [3.63, 3.8) is 0 Å². The first-order chi connectivity index (χ1) is 1.00. The van der Waals surface area contributed by atoms with Gasteiger partial charge in [-0.05, 0) is 0 Å². The van der Waals surface area contributed by atoms with E-state index in [1.54, 1.807) is 0 Å². The summed E-state index contributed by atoms with van der Waals surface area (Å²) in [6.45, 7) is 0. The summed E-state index contributed by atoms with van der Waals surface area (Å²) in [5.41, 5.74) is 0. The molecule has 0 aromatic rings. The third-order valence-corrected chi connectivity index (χ3v) is 0. The molecule has 4 heteroatoms. The van der Waals surface area contributed by atoms with Crippen molar-refractivity contribution >= 4 is 32.3 Å². The molecule has 0 aliphatic carbocycles. The average Bonchev–Trinajstić information content (AvgIpc) is 1.00. The van der Waals surface area contributed by atoms with Gasteiger partial charge in [0, 0.05) is 38.1 Å². The van der Waals surface area contributed by atoms with Gasteiger partial charge in [0.25, 0.3) is 0 Å². The monoisotopic (exact) mass is 401 g/mol. The summed E-state index contributed by atoms with van der Waals surface area (Å²) < 4.78 is 0. The molecule has 0 rings (SSSR count). The van der Waals surface area contributed by atoms with E-state index in [2.05, 4.69) is 8.65 Å². The third-order valence-electron chi connectivity index (χ3n) is 0. The fourth-order valence-corrected chi connectivity index (χ4v) is 0. The van der Waals surface area contributed by atoms with Gasteiger partial charge in [-0.25, -0.2) is 0 Å². The Hall–Kier alpha value is 2.35. The van der Waals surface area contributed by atoms with Gasteiger partial charge in [-0.15, -0.1) is 0 Å². The molecule has 0 heterocycles. The van der Waals surface area contributed by atoms with Crippen molar-refractivity contribution in [1.29, 1.82) is 0 Å². The Morgan fingerprint density at radius 2 is 1.25 bits per heavy atom. The van der Waals surface area contributed by atoms with Gasteiger partial charge < -0.3 is 0 Å². The van der Waals surface area contributed by atoms with E-state index in [-0.39, 0.29) is 38.1 Å². The van der Waals surface area contributed by atoms with E-state index >= 15 is 0 Å². The molecule has 0 spiro atoms. The Labute approximate surface area is 69.4 Å². The molecule has 0 bridgehead atoms. The fourth-order valence-electron chi connectivity index (χ4n) is 0. The quantitative estimate of drug-likeness (QED) is 0.528. The second kappa shape index (κ2) is 18.3. The molecule has 0 amide bonds. The van der Waals surface area contributed by atoms with Gasteiger partial charge in [0.2, 0.25) is 0 Å². The number of hydrogen-bond acceptors (Lipinski definition) is 1.